The molecular weight excluding hydrogens is 526 g/mol. The number of benzene rings is 2. The number of allylic oxidation sites excluding steroid dienone is 1. The third-order valence-electron chi connectivity index (χ3n) is 7.69. The lowest BCUT2D eigenvalue weighted by molar-refractivity contribution is -0.118. The van der Waals surface area contributed by atoms with Gasteiger partial charge >= 0.3 is 0 Å². The number of hydrogen-bond donors (Lipinski definition) is 2. The summed E-state index contributed by atoms with van der Waals surface area (Å²) in [6, 6.07) is 17.9. The van der Waals surface area contributed by atoms with Crippen LogP contribution in [0.3, 0.4) is 0 Å². The summed E-state index contributed by atoms with van der Waals surface area (Å²) in [5.74, 6) is -0.229. The van der Waals surface area contributed by atoms with Crippen molar-refractivity contribution in [2.75, 3.05) is 22.2 Å². The number of fused-ring (bicyclic) bond motifs is 1. The normalized spacial score (nSPS) is 20.0. The number of likely N-dealkylation sites (N-methyl/N-ethyl adjacent to an activating group) is 1. The molecule has 3 heterocycles. The molecule has 3 aromatic rings. The Labute approximate surface area is 241 Å². The molecule has 0 bridgehead atoms. The second kappa shape index (κ2) is 10.3. The van der Waals surface area contributed by atoms with Crippen LogP contribution in [0.25, 0.3) is 5.57 Å². The van der Waals surface area contributed by atoms with Crippen molar-refractivity contribution in [3.63, 3.8) is 0 Å². The number of nitrogens with one attached hydrogen (secondary N) is 2. The van der Waals surface area contributed by atoms with Crippen LogP contribution in [0.2, 0.25) is 5.02 Å². The lowest BCUT2D eigenvalue weighted by Gasteiger charge is -2.41. The molecule has 1 amide bonds. The zero-order valence-corrected chi connectivity index (χ0v) is 24.7. The summed E-state index contributed by atoms with van der Waals surface area (Å²) in [7, 11) is 2.14. The predicted octanol–water partition coefficient (Wildman–Crippen LogP) is 7.14. The quantitative estimate of drug-likeness (QED) is 0.324. The summed E-state index contributed by atoms with van der Waals surface area (Å²) in [5, 5.41) is 7.47. The highest BCUT2D eigenvalue weighted by molar-refractivity contribution is 7.80. The second-order valence-corrected chi connectivity index (χ2v) is 11.9. The van der Waals surface area contributed by atoms with Gasteiger partial charge in [0.25, 0.3) is 0 Å². The van der Waals surface area contributed by atoms with Crippen LogP contribution in [-0.2, 0) is 4.79 Å². The van der Waals surface area contributed by atoms with Crippen LogP contribution < -0.4 is 20.4 Å². The largest absolute Gasteiger partial charge is 0.366 e. The summed E-state index contributed by atoms with van der Waals surface area (Å²) in [6.07, 6.45) is 4.12. The average Bonchev–Trinajstić information content (AvgIpc) is 3.25. The number of hydrogen-bond acceptors (Lipinski definition) is 4. The molecule has 2 aliphatic heterocycles. The first-order valence-corrected chi connectivity index (χ1v) is 13.9. The number of carbonyl (C=O) groups excluding carboxylic acids is 1. The Morgan fingerprint density at radius 2 is 1.92 bits per heavy atom. The Balaban J connectivity index is 1.60. The van der Waals surface area contributed by atoms with Crippen LogP contribution in [0, 0.1) is 5.92 Å². The smallest absolute Gasteiger partial charge is 0.226 e. The van der Waals surface area contributed by atoms with Gasteiger partial charge in [-0.2, -0.15) is 0 Å². The third-order valence-corrected chi connectivity index (χ3v) is 8.32. The first-order chi connectivity index (χ1) is 18.5. The molecule has 2 aliphatic rings. The summed E-state index contributed by atoms with van der Waals surface area (Å²) >= 11 is 12.6. The predicted molar refractivity (Wildman–Crippen MR) is 165 cm³/mol. The number of amides is 1. The molecule has 1 aromatic heterocycles. The van der Waals surface area contributed by atoms with Crippen LogP contribution in [-0.4, -0.2) is 28.6 Å². The van der Waals surface area contributed by atoms with Crippen molar-refractivity contribution < 1.29 is 4.79 Å². The van der Waals surface area contributed by atoms with Crippen molar-refractivity contribution in [1.82, 2.24) is 10.3 Å². The molecule has 0 aliphatic carbocycles. The van der Waals surface area contributed by atoms with Crippen LogP contribution in [0.4, 0.5) is 17.1 Å². The van der Waals surface area contributed by atoms with E-state index in [1.54, 1.807) is 6.20 Å². The molecule has 0 radical (unpaired) electrons. The van der Waals surface area contributed by atoms with E-state index < -0.39 is 0 Å². The number of thiocarbonyl (C=S) groups is 1. The van der Waals surface area contributed by atoms with Gasteiger partial charge in [0.1, 0.15) is 0 Å². The minimum Gasteiger partial charge on any atom is -0.366 e. The summed E-state index contributed by atoms with van der Waals surface area (Å²) in [6.45, 7) is 10.3. The molecule has 202 valence electrons. The van der Waals surface area contributed by atoms with E-state index in [1.807, 2.05) is 50.2 Å². The van der Waals surface area contributed by atoms with Crippen LogP contribution in [0.1, 0.15) is 63.5 Å². The van der Waals surface area contributed by atoms with Crippen molar-refractivity contribution in [1.29, 1.82) is 0 Å². The Hall–Kier alpha value is -3.42. The molecule has 39 heavy (non-hydrogen) atoms. The van der Waals surface area contributed by atoms with Gasteiger partial charge in [-0.05, 0) is 86.6 Å². The molecule has 0 spiro atoms. The number of halogens is 1. The molecule has 6 nitrogen and oxygen atoms in total. The first kappa shape index (κ1) is 27.2. The van der Waals surface area contributed by atoms with Crippen molar-refractivity contribution in [2.45, 2.75) is 52.2 Å². The van der Waals surface area contributed by atoms with Gasteiger partial charge in [0.15, 0.2) is 5.11 Å². The molecule has 2 atom stereocenters. The minimum absolute atomic E-state index is 0.0684. The number of nitrogens with zero attached hydrogens (tertiary/aromatic N) is 3. The Kier molecular flexibility index (Phi) is 7.16. The summed E-state index contributed by atoms with van der Waals surface area (Å²) in [5.41, 5.74) is 7.03. The zero-order valence-electron chi connectivity index (χ0n) is 23.1. The highest BCUT2D eigenvalue weighted by Gasteiger charge is 2.41. The molecule has 2 N–H and O–H groups in total. The van der Waals surface area contributed by atoms with Crippen molar-refractivity contribution >= 4 is 57.5 Å². The fourth-order valence-electron chi connectivity index (χ4n) is 5.37. The third kappa shape index (κ3) is 5.01. The topological polar surface area (TPSA) is 60.5 Å². The van der Waals surface area contributed by atoms with Gasteiger partial charge in [0.05, 0.1) is 34.0 Å². The number of pyridine rings is 1. The molecule has 8 heteroatoms. The first-order valence-electron chi connectivity index (χ1n) is 13.2. The van der Waals surface area contributed by atoms with Crippen molar-refractivity contribution in [3.8, 4) is 0 Å². The lowest BCUT2D eigenvalue weighted by atomic mass is 9.86. The second-order valence-electron chi connectivity index (χ2n) is 11.1. The highest BCUT2D eigenvalue weighted by Crippen LogP contribution is 2.45. The summed E-state index contributed by atoms with van der Waals surface area (Å²) < 4.78 is 0. The molecule has 1 saturated heterocycles. The maximum Gasteiger partial charge on any atom is 0.226 e. The van der Waals surface area contributed by atoms with E-state index in [1.165, 1.54) is 16.8 Å². The van der Waals surface area contributed by atoms with E-state index in [0.29, 0.717) is 15.8 Å². The molecule has 5 rings (SSSR count). The Morgan fingerprint density at radius 1 is 1.15 bits per heavy atom. The fourth-order valence-corrected chi connectivity index (χ4v) is 5.93. The SMILES string of the molecule is CC1=CC(C)(C)N(C)c2ccc(C3C(c4ccccn4)NC(=S)N3c3ccc(NC(=O)C(C)C)c(Cl)c3)cc21. The van der Waals surface area contributed by atoms with Gasteiger partial charge in [-0.15, -0.1) is 0 Å². The van der Waals surface area contributed by atoms with Crippen molar-refractivity contribution in [2.24, 2.45) is 5.92 Å². The monoisotopic (exact) mass is 559 g/mol. The van der Waals surface area contributed by atoms with Crippen molar-refractivity contribution in [3.05, 3.63) is 88.7 Å². The van der Waals surface area contributed by atoms with E-state index in [0.717, 1.165) is 16.9 Å². The number of carbonyl (C=O) groups is 1. The van der Waals surface area contributed by atoms with Gasteiger partial charge < -0.3 is 20.4 Å². The van der Waals surface area contributed by atoms with Gasteiger partial charge in [0.2, 0.25) is 5.91 Å². The zero-order chi connectivity index (χ0) is 28.1. The molecule has 2 unspecified atom stereocenters. The van der Waals surface area contributed by atoms with E-state index in [-0.39, 0.29) is 29.4 Å². The maximum absolute atomic E-state index is 12.3. The van der Waals surface area contributed by atoms with E-state index in [2.05, 4.69) is 77.5 Å². The standard InChI is InChI=1S/C31H34ClN5OS/c1-18(2)29(38)34-24-12-11-21(16-23(24)32)37-28(27(35-30(37)39)25-9-7-8-14-33-25)20-10-13-26-22(15-20)19(3)17-31(4,5)36(26)6/h7-18,27-28H,1-6H3,(H,34,38)(H,35,39). The molecule has 0 saturated carbocycles. The summed E-state index contributed by atoms with van der Waals surface area (Å²) in [4.78, 5) is 21.4. The van der Waals surface area contributed by atoms with Crippen LogP contribution >= 0.6 is 23.8 Å². The number of rotatable bonds is 5. The fraction of sp³-hybridized carbons (Fsp3) is 0.323. The Bertz CT molecular complexity index is 1470. The number of anilines is 3. The van der Waals surface area contributed by atoms with E-state index in [4.69, 9.17) is 23.8 Å². The average molecular weight is 560 g/mol. The molecule has 2 aromatic carbocycles. The van der Waals surface area contributed by atoms with Gasteiger partial charge in [0, 0.05) is 36.1 Å². The van der Waals surface area contributed by atoms with Gasteiger partial charge in [-0.25, -0.2) is 0 Å². The number of aromatic nitrogens is 1. The maximum atomic E-state index is 12.3. The highest BCUT2D eigenvalue weighted by atomic mass is 35.5. The van der Waals surface area contributed by atoms with Crippen LogP contribution in [0.15, 0.2) is 66.9 Å². The van der Waals surface area contributed by atoms with Gasteiger partial charge in [-0.1, -0.05) is 43.7 Å². The lowest BCUT2D eigenvalue weighted by Crippen LogP contribution is -2.42. The van der Waals surface area contributed by atoms with Gasteiger partial charge in [-0.3, -0.25) is 9.78 Å². The Morgan fingerprint density at radius 3 is 2.59 bits per heavy atom. The van der Waals surface area contributed by atoms with E-state index in [9.17, 15) is 4.79 Å². The van der Waals surface area contributed by atoms with Crippen LogP contribution in [0.5, 0.6) is 0 Å². The minimum atomic E-state index is -0.169. The molecular formula is C31H34ClN5OS. The molecule has 1 fully saturated rings. The van der Waals surface area contributed by atoms with E-state index >= 15 is 0 Å².